The minimum Gasteiger partial charge on any atom is -0.493 e. The Hall–Kier alpha value is -2.60. The molecule has 6 heteroatoms. The fourth-order valence-electron chi connectivity index (χ4n) is 2.07. The Bertz CT molecular complexity index is 717. The number of hydrazine groups is 1. The molecule has 0 aliphatic rings. The molecular weight excluding hydrogens is 310 g/mol. The molecule has 23 heavy (non-hydrogen) atoms. The van der Waals surface area contributed by atoms with Crippen LogP contribution >= 0.6 is 12.2 Å². The molecule has 0 saturated carbocycles. The van der Waals surface area contributed by atoms with Crippen molar-refractivity contribution >= 4 is 23.5 Å². The van der Waals surface area contributed by atoms with Crippen molar-refractivity contribution in [3.05, 3.63) is 59.2 Å². The largest absolute Gasteiger partial charge is 0.493 e. The maximum Gasteiger partial charge on any atom is 0.221 e. The number of hydrogen-bond acceptors (Lipinski definition) is 3. The van der Waals surface area contributed by atoms with Crippen LogP contribution in [0.25, 0.3) is 0 Å². The first kappa shape index (κ1) is 16.8. The third-order valence-electron chi connectivity index (χ3n) is 3.29. The molecular formula is C17H20N3O2S+. The predicted octanol–water partition coefficient (Wildman–Crippen LogP) is 0.830. The number of hydrazone groups is 1. The van der Waals surface area contributed by atoms with Crippen molar-refractivity contribution in [3.63, 3.8) is 0 Å². The molecule has 0 fully saturated rings. The molecule has 0 aliphatic carbocycles. The summed E-state index contributed by atoms with van der Waals surface area (Å²) < 4.78 is 11.4. The van der Waals surface area contributed by atoms with Crippen molar-refractivity contribution in [2.24, 2.45) is 5.73 Å². The van der Waals surface area contributed by atoms with Crippen molar-refractivity contribution in [3.8, 4) is 11.5 Å². The highest BCUT2D eigenvalue weighted by molar-refractivity contribution is 7.80. The van der Waals surface area contributed by atoms with Gasteiger partial charge in [0.05, 0.1) is 12.7 Å². The smallest absolute Gasteiger partial charge is 0.221 e. The summed E-state index contributed by atoms with van der Waals surface area (Å²) in [7, 11) is 1.61. The van der Waals surface area contributed by atoms with Gasteiger partial charge in [-0.3, -0.25) is 0 Å². The van der Waals surface area contributed by atoms with Crippen LogP contribution in [0.15, 0.2) is 42.5 Å². The Morgan fingerprint density at radius 2 is 2.04 bits per heavy atom. The van der Waals surface area contributed by atoms with Gasteiger partial charge in [0, 0.05) is 0 Å². The van der Waals surface area contributed by atoms with Crippen LogP contribution in [-0.2, 0) is 6.61 Å². The Morgan fingerprint density at radius 3 is 2.74 bits per heavy atom. The number of nitrogens with two attached hydrogens (primary N) is 1. The summed E-state index contributed by atoms with van der Waals surface area (Å²) in [4.78, 5) is 0. The van der Waals surface area contributed by atoms with Crippen molar-refractivity contribution in [1.82, 2.24) is 5.43 Å². The highest BCUT2D eigenvalue weighted by atomic mass is 32.1. The second-order valence-electron chi connectivity index (χ2n) is 4.87. The van der Waals surface area contributed by atoms with Crippen molar-refractivity contribution in [2.75, 3.05) is 7.11 Å². The van der Waals surface area contributed by atoms with Gasteiger partial charge in [-0.15, -0.1) is 10.5 Å². The van der Waals surface area contributed by atoms with Crippen molar-refractivity contribution in [2.45, 2.75) is 13.5 Å². The minimum absolute atomic E-state index is 0.159. The van der Waals surface area contributed by atoms with Crippen LogP contribution in [0.5, 0.6) is 11.5 Å². The average Bonchev–Trinajstić information content (AvgIpc) is 2.54. The molecule has 5 nitrogen and oxygen atoms in total. The summed E-state index contributed by atoms with van der Waals surface area (Å²) in [5.41, 5.74) is 11.2. The van der Waals surface area contributed by atoms with E-state index in [9.17, 15) is 0 Å². The van der Waals surface area contributed by atoms with Crippen LogP contribution in [-0.4, -0.2) is 18.4 Å². The SMILES string of the molecule is COc1cccc(C=[NH+]NC(N)=S)c1OCc1ccccc1C. The third kappa shape index (κ3) is 4.69. The third-order valence-corrected chi connectivity index (χ3v) is 3.39. The number of thiocarbonyl (C=S) groups is 1. The van der Waals surface area contributed by atoms with Gasteiger partial charge in [-0.1, -0.05) is 30.3 Å². The van der Waals surface area contributed by atoms with Gasteiger partial charge < -0.3 is 15.2 Å². The van der Waals surface area contributed by atoms with Crippen molar-refractivity contribution < 1.29 is 14.6 Å². The molecule has 0 aromatic heterocycles. The number of para-hydroxylation sites is 1. The Kier molecular flexibility index (Phi) is 5.94. The quantitative estimate of drug-likeness (QED) is 0.416. The molecule has 0 saturated heterocycles. The van der Waals surface area contributed by atoms with E-state index in [1.165, 1.54) is 5.56 Å². The standard InChI is InChI=1S/C17H19N3O2S/c1-12-6-3-4-7-14(12)11-22-16-13(10-19-20-17(18)23)8-5-9-15(16)21-2/h3-10H,11H2,1-2H3,(H3,18,20,23)/p+1. The molecule has 0 bridgehead atoms. The topological polar surface area (TPSA) is 70.5 Å². The lowest BCUT2D eigenvalue weighted by molar-refractivity contribution is -0.499. The van der Waals surface area contributed by atoms with Gasteiger partial charge in [0.15, 0.2) is 11.5 Å². The maximum absolute atomic E-state index is 6.00. The molecule has 2 aromatic carbocycles. The van der Waals surface area contributed by atoms with E-state index in [-0.39, 0.29) is 5.11 Å². The van der Waals surface area contributed by atoms with Crippen LogP contribution in [0.1, 0.15) is 16.7 Å². The van der Waals surface area contributed by atoms with E-state index < -0.39 is 0 Å². The first-order valence-corrected chi connectivity index (χ1v) is 7.51. The molecule has 0 spiro atoms. The van der Waals surface area contributed by atoms with Gasteiger partial charge in [0.25, 0.3) is 0 Å². The summed E-state index contributed by atoms with van der Waals surface area (Å²) in [5.74, 6) is 1.31. The number of aryl methyl sites for hydroxylation is 1. The summed E-state index contributed by atoms with van der Waals surface area (Å²) in [5, 5.41) is 2.98. The fraction of sp³-hybridized carbons (Fsp3) is 0.176. The zero-order valence-electron chi connectivity index (χ0n) is 13.1. The van der Waals surface area contributed by atoms with Crippen LogP contribution in [0.4, 0.5) is 0 Å². The van der Waals surface area contributed by atoms with E-state index in [0.29, 0.717) is 18.1 Å². The lowest BCUT2D eigenvalue weighted by atomic mass is 10.1. The molecule has 0 atom stereocenters. The maximum atomic E-state index is 6.00. The first-order valence-electron chi connectivity index (χ1n) is 7.10. The van der Waals surface area contributed by atoms with Crippen LogP contribution in [0, 0.1) is 6.92 Å². The molecule has 0 radical (unpaired) electrons. The van der Waals surface area contributed by atoms with Crippen LogP contribution in [0.2, 0.25) is 0 Å². The predicted molar refractivity (Wildman–Crippen MR) is 94.6 cm³/mol. The first-order chi connectivity index (χ1) is 11.1. The summed E-state index contributed by atoms with van der Waals surface area (Å²) in [6.07, 6.45) is 1.72. The minimum atomic E-state index is 0.159. The van der Waals surface area contributed by atoms with E-state index in [1.807, 2.05) is 36.4 Å². The number of ether oxygens (including phenoxy) is 2. The van der Waals surface area contributed by atoms with E-state index in [4.69, 9.17) is 27.4 Å². The number of methoxy groups -OCH3 is 1. The summed E-state index contributed by atoms with van der Waals surface area (Å²) in [6.45, 7) is 2.51. The zero-order chi connectivity index (χ0) is 16.7. The molecule has 4 N–H and O–H groups in total. The van der Waals surface area contributed by atoms with Crippen LogP contribution < -0.4 is 25.7 Å². The van der Waals surface area contributed by atoms with E-state index in [0.717, 1.165) is 11.1 Å². The molecule has 0 amide bonds. The van der Waals surface area contributed by atoms with Gasteiger partial charge in [-0.05, 0) is 42.4 Å². The lowest BCUT2D eigenvalue weighted by Gasteiger charge is -2.13. The van der Waals surface area contributed by atoms with E-state index >= 15 is 0 Å². The number of hydrogen-bond donors (Lipinski definition) is 3. The highest BCUT2D eigenvalue weighted by Crippen LogP contribution is 2.30. The van der Waals surface area contributed by atoms with Gasteiger partial charge in [-0.2, -0.15) is 0 Å². The average molecular weight is 330 g/mol. The highest BCUT2D eigenvalue weighted by Gasteiger charge is 2.12. The number of rotatable bonds is 6. The molecule has 2 rings (SSSR count). The van der Waals surface area contributed by atoms with Gasteiger partial charge >= 0.3 is 0 Å². The molecule has 2 aromatic rings. The normalized spacial score (nSPS) is 10.5. The monoisotopic (exact) mass is 330 g/mol. The Balaban J connectivity index is 2.23. The van der Waals surface area contributed by atoms with E-state index in [2.05, 4.69) is 23.5 Å². The summed E-state index contributed by atoms with van der Waals surface area (Å²) >= 11 is 4.75. The summed E-state index contributed by atoms with van der Waals surface area (Å²) in [6, 6.07) is 13.7. The number of nitrogens with one attached hydrogen (secondary N) is 2. The zero-order valence-corrected chi connectivity index (χ0v) is 13.9. The molecule has 120 valence electrons. The molecule has 0 heterocycles. The van der Waals surface area contributed by atoms with Crippen LogP contribution in [0.3, 0.4) is 0 Å². The van der Waals surface area contributed by atoms with Gasteiger partial charge in [-0.25, -0.2) is 0 Å². The molecule has 0 unspecified atom stereocenters. The number of benzene rings is 2. The Morgan fingerprint density at radius 1 is 1.26 bits per heavy atom. The molecule has 0 aliphatic heterocycles. The second kappa shape index (κ2) is 8.14. The van der Waals surface area contributed by atoms with Crippen molar-refractivity contribution in [1.29, 1.82) is 0 Å². The fourth-order valence-corrected chi connectivity index (χ4v) is 2.13. The Labute approximate surface area is 141 Å². The van der Waals surface area contributed by atoms with Gasteiger partial charge in [0.1, 0.15) is 6.61 Å². The van der Waals surface area contributed by atoms with E-state index in [1.54, 1.807) is 13.3 Å². The van der Waals surface area contributed by atoms with Gasteiger partial charge in [0.2, 0.25) is 11.3 Å². The lowest BCUT2D eigenvalue weighted by Crippen LogP contribution is -2.82. The second-order valence-corrected chi connectivity index (χ2v) is 5.31.